The number of amides is 1. The molecule has 0 bridgehead atoms. The van der Waals surface area contributed by atoms with E-state index in [4.69, 9.17) is 0 Å². The van der Waals surface area contributed by atoms with Crippen molar-refractivity contribution >= 4 is 28.9 Å². The van der Waals surface area contributed by atoms with Gasteiger partial charge in [-0.15, -0.1) is 0 Å². The zero-order chi connectivity index (χ0) is 19.2. The SMILES string of the molecule is Cc1c(NC(=O)/C(=C/c2ccccc2)c2ccccc2)cccc1[N+](=O)[O-]. The first-order chi connectivity index (χ1) is 13.1. The molecule has 134 valence electrons. The molecule has 0 aliphatic rings. The fourth-order valence-corrected chi connectivity index (χ4v) is 2.76. The Kier molecular flexibility index (Phi) is 5.42. The lowest BCUT2D eigenvalue weighted by Crippen LogP contribution is -2.15. The van der Waals surface area contributed by atoms with Crippen molar-refractivity contribution in [2.75, 3.05) is 5.32 Å². The summed E-state index contributed by atoms with van der Waals surface area (Å²) in [5.41, 5.74) is 2.95. The molecule has 1 amide bonds. The van der Waals surface area contributed by atoms with E-state index in [1.807, 2.05) is 60.7 Å². The average molecular weight is 358 g/mol. The summed E-state index contributed by atoms with van der Waals surface area (Å²) >= 11 is 0. The van der Waals surface area contributed by atoms with E-state index in [2.05, 4.69) is 5.32 Å². The van der Waals surface area contributed by atoms with Crippen LogP contribution in [0, 0.1) is 17.0 Å². The number of hydrogen-bond donors (Lipinski definition) is 1. The molecule has 27 heavy (non-hydrogen) atoms. The van der Waals surface area contributed by atoms with Crippen LogP contribution in [0.4, 0.5) is 11.4 Å². The highest BCUT2D eigenvalue weighted by atomic mass is 16.6. The Labute approximate surface area is 157 Å². The van der Waals surface area contributed by atoms with E-state index in [0.717, 1.165) is 11.1 Å². The Bertz CT molecular complexity index is 997. The zero-order valence-electron chi connectivity index (χ0n) is 14.8. The first kappa shape index (κ1) is 18.1. The fraction of sp³-hybridized carbons (Fsp3) is 0.0455. The Morgan fingerprint density at radius 1 is 0.926 bits per heavy atom. The number of hydrogen-bond acceptors (Lipinski definition) is 3. The number of anilines is 1. The molecule has 5 nitrogen and oxygen atoms in total. The molecule has 0 spiro atoms. The lowest BCUT2D eigenvalue weighted by molar-refractivity contribution is -0.385. The maximum Gasteiger partial charge on any atom is 0.274 e. The summed E-state index contributed by atoms with van der Waals surface area (Å²) in [7, 11) is 0. The zero-order valence-corrected chi connectivity index (χ0v) is 14.8. The van der Waals surface area contributed by atoms with E-state index in [-0.39, 0.29) is 11.6 Å². The van der Waals surface area contributed by atoms with Gasteiger partial charge in [-0.1, -0.05) is 66.7 Å². The lowest BCUT2D eigenvalue weighted by atomic mass is 10.0. The highest BCUT2D eigenvalue weighted by molar-refractivity contribution is 6.29. The molecule has 3 aromatic rings. The minimum Gasteiger partial charge on any atom is -0.321 e. The van der Waals surface area contributed by atoms with Gasteiger partial charge >= 0.3 is 0 Å². The van der Waals surface area contributed by atoms with Gasteiger partial charge in [0.2, 0.25) is 0 Å². The molecule has 0 aliphatic heterocycles. The number of carbonyl (C=O) groups excluding carboxylic acids is 1. The van der Waals surface area contributed by atoms with Crippen molar-refractivity contribution in [3.63, 3.8) is 0 Å². The van der Waals surface area contributed by atoms with Gasteiger partial charge in [-0.25, -0.2) is 0 Å². The van der Waals surface area contributed by atoms with E-state index in [9.17, 15) is 14.9 Å². The quantitative estimate of drug-likeness (QED) is 0.299. The average Bonchev–Trinajstić information content (AvgIpc) is 2.69. The number of nitro benzene ring substituents is 1. The summed E-state index contributed by atoms with van der Waals surface area (Å²) in [5.74, 6) is -0.325. The number of nitro groups is 1. The molecule has 0 saturated carbocycles. The van der Waals surface area contributed by atoms with Crippen molar-refractivity contribution in [1.29, 1.82) is 0 Å². The third-order valence-electron chi connectivity index (χ3n) is 4.19. The molecule has 0 fully saturated rings. The van der Waals surface area contributed by atoms with E-state index in [1.165, 1.54) is 6.07 Å². The van der Waals surface area contributed by atoms with Gasteiger partial charge in [0, 0.05) is 11.6 Å². The number of carbonyl (C=O) groups is 1. The molecule has 0 heterocycles. The van der Waals surface area contributed by atoms with Crippen LogP contribution < -0.4 is 5.32 Å². The van der Waals surface area contributed by atoms with Crippen LogP contribution in [0.25, 0.3) is 11.6 Å². The van der Waals surface area contributed by atoms with E-state index in [0.29, 0.717) is 16.8 Å². The predicted molar refractivity (Wildman–Crippen MR) is 107 cm³/mol. The first-order valence-corrected chi connectivity index (χ1v) is 8.44. The van der Waals surface area contributed by atoms with Crippen LogP contribution in [0.2, 0.25) is 0 Å². The van der Waals surface area contributed by atoms with Crippen molar-refractivity contribution in [1.82, 2.24) is 0 Å². The predicted octanol–water partition coefficient (Wildman–Crippen LogP) is 5.08. The van der Waals surface area contributed by atoms with Crippen LogP contribution in [0.5, 0.6) is 0 Å². The van der Waals surface area contributed by atoms with E-state index >= 15 is 0 Å². The Morgan fingerprint density at radius 3 is 2.19 bits per heavy atom. The third kappa shape index (κ3) is 4.27. The van der Waals surface area contributed by atoms with Crippen LogP contribution in [0.1, 0.15) is 16.7 Å². The monoisotopic (exact) mass is 358 g/mol. The molecular formula is C22H18N2O3. The molecule has 1 N–H and O–H groups in total. The number of benzene rings is 3. The summed E-state index contributed by atoms with van der Waals surface area (Å²) in [4.78, 5) is 23.7. The smallest absolute Gasteiger partial charge is 0.274 e. The molecule has 0 aliphatic carbocycles. The van der Waals surface area contributed by atoms with Crippen LogP contribution in [-0.4, -0.2) is 10.8 Å². The topological polar surface area (TPSA) is 72.2 Å². The molecule has 5 heteroatoms. The van der Waals surface area contributed by atoms with Crippen molar-refractivity contribution in [2.24, 2.45) is 0 Å². The van der Waals surface area contributed by atoms with Gasteiger partial charge in [0.1, 0.15) is 0 Å². The minimum atomic E-state index is -0.455. The number of nitrogens with one attached hydrogen (secondary N) is 1. The minimum absolute atomic E-state index is 0.0268. The lowest BCUT2D eigenvalue weighted by Gasteiger charge is -2.12. The van der Waals surface area contributed by atoms with Crippen molar-refractivity contribution in [3.05, 3.63) is 106 Å². The van der Waals surface area contributed by atoms with Gasteiger partial charge in [0.15, 0.2) is 0 Å². The van der Waals surface area contributed by atoms with Gasteiger partial charge in [-0.05, 0) is 30.2 Å². The third-order valence-corrected chi connectivity index (χ3v) is 4.19. The maximum atomic E-state index is 13.0. The van der Waals surface area contributed by atoms with Crippen LogP contribution in [0.3, 0.4) is 0 Å². The second kappa shape index (κ2) is 8.10. The largest absolute Gasteiger partial charge is 0.321 e. The van der Waals surface area contributed by atoms with E-state index in [1.54, 1.807) is 25.1 Å². The van der Waals surface area contributed by atoms with Gasteiger partial charge in [0.25, 0.3) is 11.6 Å². The van der Waals surface area contributed by atoms with Crippen LogP contribution >= 0.6 is 0 Å². The Hall–Kier alpha value is -3.73. The van der Waals surface area contributed by atoms with Crippen molar-refractivity contribution < 1.29 is 9.72 Å². The standard InChI is InChI=1S/C22H18N2O3/c1-16-20(13-8-14-21(16)24(26)27)23-22(25)19(18-11-6-3-7-12-18)15-17-9-4-2-5-10-17/h2-15H,1H3,(H,23,25)/b19-15+. The molecule has 0 saturated heterocycles. The molecule has 0 atom stereocenters. The summed E-state index contributed by atoms with van der Waals surface area (Å²) in [6.45, 7) is 1.62. The summed E-state index contributed by atoms with van der Waals surface area (Å²) < 4.78 is 0. The highest BCUT2D eigenvalue weighted by Crippen LogP contribution is 2.27. The fourth-order valence-electron chi connectivity index (χ4n) is 2.76. The number of nitrogens with zero attached hydrogens (tertiary/aromatic N) is 1. The van der Waals surface area contributed by atoms with Crippen LogP contribution in [-0.2, 0) is 4.79 Å². The van der Waals surface area contributed by atoms with Gasteiger partial charge in [0.05, 0.1) is 16.2 Å². The molecular weight excluding hydrogens is 340 g/mol. The molecule has 3 aromatic carbocycles. The highest BCUT2D eigenvalue weighted by Gasteiger charge is 2.17. The van der Waals surface area contributed by atoms with E-state index < -0.39 is 4.92 Å². The first-order valence-electron chi connectivity index (χ1n) is 8.44. The van der Waals surface area contributed by atoms with Crippen molar-refractivity contribution in [2.45, 2.75) is 6.92 Å². The Morgan fingerprint density at radius 2 is 1.56 bits per heavy atom. The van der Waals surface area contributed by atoms with Crippen LogP contribution in [0.15, 0.2) is 78.9 Å². The molecule has 3 rings (SSSR count). The van der Waals surface area contributed by atoms with Crippen molar-refractivity contribution in [3.8, 4) is 0 Å². The maximum absolute atomic E-state index is 13.0. The second-order valence-electron chi connectivity index (χ2n) is 6.00. The Balaban J connectivity index is 1.99. The van der Waals surface area contributed by atoms with Gasteiger partial charge in [-0.2, -0.15) is 0 Å². The van der Waals surface area contributed by atoms with Gasteiger partial charge in [-0.3, -0.25) is 14.9 Å². The summed E-state index contributed by atoms with van der Waals surface area (Å²) in [5, 5.41) is 14.0. The second-order valence-corrected chi connectivity index (χ2v) is 6.00. The summed E-state index contributed by atoms with van der Waals surface area (Å²) in [6.07, 6.45) is 1.80. The molecule has 0 aromatic heterocycles. The normalized spacial score (nSPS) is 11.1. The van der Waals surface area contributed by atoms with Gasteiger partial charge < -0.3 is 5.32 Å². The summed E-state index contributed by atoms with van der Waals surface area (Å²) in [6, 6.07) is 23.5. The molecule has 0 unspecified atom stereocenters. The number of rotatable bonds is 5. The molecule has 0 radical (unpaired) electrons.